The highest BCUT2D eigenvalue weighted by molar-refractivity contribution is 5.93. The monoisotopic (exact) mass is 368 g/mol. The summed E-state index contributed by atoms with van der Waals surface area (Å²) in [5.41, 5.74) is 0.464. The SMILES string of the molecule is Cc1nc(C(=O)N2CCOCC2)cc(N2CCN(c3ccccn3)CC2)n1. The normalized spacial score (nSPS) is 17.9. The van der Waals surface area contributed by atoms with E-state index in [1.54, 1.807) is 4.90 Å². The molecule has 0 aromatic carbocycles. The molecule has 2 fully saturated rings. The number of rotatable bonds is 3. The first-order chi connectivity index (χ1) is 13.2. The van der Waals surface area contributed by atoms with Gasteiger partial charge in [-0.05, 0) is 19.1 Å². The molecule has 2 aliphatic rings. The van der Waals surface area contributed by atoms with Crippen molar-refractivity contribution in [3.63, 3.8) is 0 Å². The maximum Gasteiger partial charge on any atom is 0.272 e. The number of hydrogen-bond acceptors (Lipinski definition) is 7. The summed E-state index contributed by atoms with van der Waals surface area (Å²) in [4.78, 5) is 32.4. The number of carbonyl (C=O) groups is 1. The van der Waals surface area contributed by atoms with Gasteiger partial charge in [-0.1, -0.05) is 6.07 Å². The predicted molar refractivity (Wildman–Crippen MR) is 102 cm³/mol. The van der Waals surface area contributed by atoms with E-state index in [1.165, 1.54) is 0 Å². The van der Waals surface area contributed by atoms with Crippen LogP contribution in [-0.2, 0) is 4.74 Å². The number of carbonyl (C=O) groups excluding carboxylic acids is 1. The van der Waals surface area contributed by atoms with Crippen LogP contribution in [0.4, 0.5) is 11.6 Å². The Labute approximate surface area is 158 Å². The van der Waals surface area contributed by atoms with Gasteiger partial charge in [-0.2, -0.15) is 0 Å². The molecular weight excluding hydrogens is 344 g/mol. The number of ether oxygens (including phenoxy) is 1. The lowest BCUT2D eigenvalue weighted by atomic mass is 10.2. The minimum atomic E-state index is -0.0443. The maximum atomic E-state index is 12.8. The average molecular weight is 368 g/mol. The lowest BCUT2D eigenvalue weighted by Gasteiger charge is -2.36. The minimum Gasteiger partial charge on any atom is -0.378 e. The third-order valence-electron chi connectivity index (χ3n) is 4.92. The van der Waals surface area contributed by atoms with Crippen molar-refractivity contribution in [1.29, 1.82) is 0 Å². The van der Waals surface area contributed by atoms with E-state index in [2.05, 4.69) is 24.8 Å². The molecule has 8 nitrogen and oxygen atoms in total. The van der Waals surface area contributed by atoms with Crippen LogP contribution >= 0.6 is 0 Å². The molecule has 0 N–H and O–H groups in total. The van der Waals surface area contributed by atoms with Crippen molar-refractivity contribution < 1.29 is 9.53 Å². The van der Waals surface area contributed by atoms with Crippen LogP contribution in [0.15, 0.2) is 30.5 Å². The number of piperazine rings is 1. The molecule has 0 saturated carbocycles. The molecule has 1 amide bonds. The molecular formula is C19H24N6O2. The topological polar surface area (TPSA) is 74.7 Å². The standard InChI is InChI=1S/C19H24N6O2/c1-15-21-16(19(26)25-10-12-27-13-11-25)14-18(22-15)24-8-6-23(7-9-24)17-4-2-3-5-20-17/h2-5,14H,6-13H2,1H3. The van der Waals surface area contributed by atoms with Gasteiger partial charge >= 0.3 is 0 Å². The Morgan fingerprint density at radius 1 is 0.963 bits per heavy atom. The fourth-order valence-corrected chi connectivity index (χ4v) is 3.46. The third kappa shape index (κ3) is 4.00. The Balaban J connectivity index is 1.46. The summed E-state index contributed by atoms with van der Waals surface area (Å²) in [5, 5.41) is 0. The van der Waals surface area contributed by atoms with Crippen LogP contribution in [0.2, 0.25) is 0 Å². The molecule has 142 valence electrons. The van der Waals surface area contributed by atoms with Crippen molar-refractivity contribution in [1.82, 2.24) is 19.9 Å². The molecule has 0 spiro atoms. The molecule has 0 radical (unpaired) electrons. The lowest BCUT2D eigenvalue weighted by Crippen LogP contribution is -2.47. The summed E-state index contributed by atoms with van der Waals surface area (Å²) in [5.74, 6) is 2.40. The van der Waals surface area contributed by atoms with Crippen LogP contribution in [0.25, 0.3) is 0 Å². The molecule has 4 rings (SSSR count). The first-order valence-corrected chi connectivity index (χ1v) is 9.34. The van der Waals surface area contributed by atoms with Gasteiger partial charge in [0.15, 0.2) is 0 Å². The number of aromatic nitrogens is 3. The largest absolute Gasteiger partial charge is 0.378 e. The van der Waals surface area contributed by atoms with Crippen molar-refractivity contribution in [2.75, 3.05) is 62.3 Å². The second-order valence-electron chi connectivity index (χ2n) is 6.73. The second kappa shape index (κ2) is 7.87. The smallest absolute Gasteiger partial charge is 0.272 e. The summed E-state index contributed by atoms with van der Waals surface area (Å²) in [6.45, 7) is 7.62. The lowest BCUT2D eigenvalue weighted by molar-refractivity contribution is 0.0299. The van der Waals surface area contributed by atoms with Crippen LogP contribution in [0.3, 0.4) is 0 Å². The number of nitrogens with zero attached hydrogens (tertiary/aromatic N) is 6. The number of aryl methyl sites for hydroxylation is 1. The average Bonchev–Trinajstić information content (AvgIpc) is 2.74. The van der Waals surface area contributed by atoms with E-state index in [-0.39, 0.29) is 5.91 Å². The second-order valence-corrected chi connectivity index (χ2v) is 6.73. The molecule has 2 aromatic heterocycles. The third-order valence-corrected chi connectivity index (χ3v) is 4.92. The van der Waals surface area contributed by atoms with Gasteiger partial charge in [0, 0.05) is 51.5 Å². The first-order valence-electron chi connectivity index (χ1n) is 9.34. The van der Waals surface area contributed by atoms with Gasteiger partial charge in [-0.25, -0.2) is 15.0 Å². The Morgan fingerprint density at radius 3 is 2.33 bits per heavy atom. The predicted octanol–water partition coefficient (Wildman–Crippen LogP) is 0.979. The van der Waals surface area contributed by atoms with Crippen molar-refractivity contribution in [3.8, 4) is 0 Å². The van der Waals surface area contributed by atoms with Crippen LogP contribution in [0.5, 0.6) is 0 Å². The number of hydrogen-bond donors (Lipinski definition) is 0. The highest BCUT2D eigenvalue weighted by atomic mass is 16.5. The highest BCUT2D eigenvalue weighted by Gasteiger charge is 2.24. The first kappa shape index (κ1) is 17.7. The van der Waals surface area contributed by atoms with E-state index >= 15 is 0 Å². The molecule has 2 aromatic rings. The van der Waals surface area contributed by atoms with Gasteiger partial charge < -0.3 is 19.4 Å². The highest BCUT2D eigenvalue weighted by Crippen LogP contribution is 2.19. The molecule has 2 aliphatic heterocycles. The maximum absolute atomic E-state index is 12.8. The molecule has 27 heavy (non-hydrogen) atoms. The molecule has 8 heteroatoms. The Bertz CT molecular complexity index is 786. The van der Waals surface area contributed by atoms with Crippen LogP contribution in [-0.4, -0.2) is 78.2 Å². The number of anilines is 2. The Kier molecular flexibility index (Phi) is 5.15. The summed E-state index contributed by atoms with van der Waals surface area (Å²) in [6, 6.07) is 7.78. The number of morpholine rings is 1. The number of amides is 1. The quantitative estimate of drug-likeness (QED) is 0.799. The summed E-state index contributed by atoms with van der Waals surface area (Å²) >= 11 is 0. The zero-order valence-electron chi connectivity index (χ0n) is 15.5. The molecule has 0 aliphatic carbocycles. The van der Waals surface area contributed by atoms with Gasteiger partial charge in [-0.3, -0.25) is 4.79 Å². The molecule has 0 atom stereocenters. The number of pyridine rings is 1. The fraction of sp³-hybridized carbons (Fsp3) is 0.474. The van der Waals surface area contributed by atoms with Crippen LogP contribution in [0.1, 0.15) is 16.3 Å². The summed E-state index contributed by atoms with van der Waals surface area (Å²) in [6.07, 6.45) is 1.82. The fourth-order valence-electron chi connectivity index (χ4n) is 3.46. The molecule has 2 saturated heterocycles. The van der Waals surface area contributed by atoms with E-state index in [0.29, 0.717) is 37.8 Å². The van der Waals surface area contributed by atoms with Gasteiger partial charge in [0.2, 0.25) is 0 Å². The zero-order chi connectivity index (χ0) is 18.6. The molecule has 4 heterocycles. The van der Waals surface area contributed by atoms with Crippen LogP contribution in [0, 0.1) is 6.92 Å². The minimum absolute atomic E-state index is 0.0443. The van der Waals surface area contributed by atoms with Gasteiger partial charge in [0.25, 0.3) is 5.91 Å². The van der Waals surface area contributed by atoms with Gasteiger partial charge in [0.05, 0.1) is 13.2 Å². The summed E-state index contributed by atoms with van der Waals surface area (Å²) in [7, 11) is 0. The van der Waals surface area contributed by atoms with Crippen molar-refractivity contribution >= 4 is 17.5 Å². The molecule has 0 bridgehead atoms. The van der Waals surface area contributed by atoms with E-state index in [9.17, 15) is 4.79 Å². The summed E-state index contributed by atoms with van der Waals surface area (Å²) < 4.78 is 5.33. The zero-order valence-corrected chi connectivity index (χ0v) is 15.5. The van der Waals surface area contributed by atoms with Crippen molar-refractivity contribution in [3.05, 3.63) is 42.0 Å². The van der Waals surface area contributed by atoms with Gasteiger partial charge in [-0.15, -0.1) is 0 Å². The van der Waals surface area contributed by atoms with E-state index in [1.807, 2.05) is 37.4 Å². The Hall–Kier alpha value is -2.74. The van der Waals surface area contributed by atoms with Crippen LogP contribution < -0.4 is 9.80 Å². The van der Waals surface area contributed by atoms with E-state index in [0.717, 1.165) is 37.8 Å². The van der Waals surface area contributed by atoms with E-state index in [4.69, 9.17) is 4.74 Å². The van der Waals surface area contributed by atoms with E-state index < -0.39 is 0 Å². The van der Waals surface area contributed by atoms with Crippen molar-refractivity contribution in [2.24, 2.45) is 0 Å². The Morgan fingerprint density at radius 2 is 1.67 bits per heavy atom. The molecule has 0 unspecified atom stereocenters. The van der Waals surface area contributed by atoms with Crippen molar-refractivity contribution in [2.45, 2.75) is 6.92 Å². The van der Waals surface area contributed by atoms with Gasteiger partial charge in [0.1, 0.15) is 23.2 Å².